The van der Waals surface area contributed by atoms with Gasteiger partial charge in [0.25, 0.3) is 0 Å². The molecule has 0 spiro atoms. The van der Waals surface area contributed by atoms with Crippen molar-refractivity contribution in [3.8, 4) is 0 Å². The van der Waals surface area contributed by atoms with Gasteiger partial charge in [-0.3, -0.25) is 0 Å². The second kappa shape index (κ2) is 6.74. The zero-order chi connectivity index (χ0) is 15.5. The SMILES string of the molecule is CCN(Cc1ccco1)S(=O)(=O)c1cc(CN)ccc1Br. The Morgan fingerprint density at radius 2 is 2.10 bits per heavy atom. The number of rotatable bonds is 6. The van der Waals surface area contributed by atoms with Gasteiger partial charge >= 0.3 is 0 Å². The third-order valence-corrected chi connectivity index (χ3v) is 6.03. The third kappa shape index (κ3) is 3.55. The smallest absolute Gasteiger partial charge is 0.244 e. The molecule has 2 aromatic rings. The van der Waals surface area contributed by atoms with Crippen LogP contribution in [0.1, 0.15) is 18.2 Å². The fourth-order valence-corrected chi connectivity index (χ4v) is 4.34. The molecule has 7 heteroatoms. The van der Waals surface area contributed by atoms with Gasteiger partial charge in [-0.1, -0.05) is 13.0 Å². The summed E-state index contributed by atoms with van der Waals surface area (Å²) < 4.78 is 32.7. The Bertz CT molecular complexity index is 699. The normalized spacial score (nSPS) is 12.0. The summed E-state index contributed by atoms with van der Waals surface area (Å²) in [5, 5.41) is 0. The third-order valence-electron chi connectivity index (χ3n) is 3.11. The molecule has 2 rings (SSSR count). The molecule has 0 aliphatic carbocycles. The number of hydrogen-bond donors (Lipinski definition) is 1. The Kier molecular flexibility index (Phi) is 5.21. The van der Waals surface area contributed by atoms with Crippen LogP contribution in [0.2, 0.25) is 0 Å². The predicted octanol–water partition coefficient (Wildman–Crippen LogP) is 2.71. The second-order valence-corrected chi connectivity index (χ2v) is 7.24. The van der Waals surface area contributed by atoms with Crippen LogP contribution in [0.5, 0.6) is 0 Å². The predicted molar refractivity (Wildman–Crippen MR) is 84.0 cm³/mol. The fraction of sp³-hybridized carbons (Fsp3) is 0.286. The minimum absolute atomic E-state index is 0.200. The Hall–Kier alpha value is -1.15. The molecule has 1 aromatic heterocycles. The number of furan rings is 1. The van der Waals surface area contributed by atoms with Crippen molar-refractivity contribution in [1.29, 1.82) is 0 Å². The molecule has 0 fully saturated rings. The van der Waals surface area contributed by atoms with Gasteiger partial charge in [-0.25, -0.2) is 8.42 Å². The summed E-state index contributed by atoms with van der Waals surface area (Å²) in [7, 11) is -3.62. The quantitative estimate of drug-likeness (QED) is 0.845. The highest BCUT2D eigenvalue weighted by atomic mass is 79.9. The molecular formula is C14H17BrN2O3S. The number of sulfonamides is 1. The summed E-state index contributed by atoms with van der Waals surface area (Å²) in [6.07, 6.45) is 1.53. The van der Waals surface area contributed by atoms with Gasteiger partial charge in [0.2, 0.25) is 10.0 Å². The molecule has 0 radical (unpaired) electrons. The maximum atomic E-state index is 12.8. The van der Waals surface area contributed by atoms with Gasteiger partial charge in [-0.15, -0.1) is 0 Å². The Morgan fingerprint density at radius 3 is 2.67 bits per heavy atom. The number of benzene rings is 1. The van der Waals surface area contributed by atoms with Crippen molar-refractivity contribution < 1.29 is 12.8 Å². The lowest BCUT2D eigenvalue weighted by molar-refractivity contribution is 0.375. The standard InChI is InChI=1S/C14H17BrN2O3S/c1-2-17(10-12-4-3-7-20-12)21(18,19)14-8-11(9-16)5-6-13(14)15/h3-8H,2,9-10,16H2,1H3. The molecule has 2 N–H and O–H groups in total. The maximum absolute atomic E-state index is 12.8. The molecule has 1 heterocycles. The first-order valence-corrected chi connectivity index (χ1v) is 8.73. The van der Waals surface area contributed by atoms with Crippen LogP contribution in [0.4, 0.5) is 0 Å². The van der Waals surface area contributed by atoms with Gasteiger partial charge in [-0.2, -0.15) is 4.31 Å². The molecule has 5 nitrogen and oxygen atoms in total. The molecule has 0 atom stereocenters. The minimum atomic E-state index is -3.62. The van der Waals surface area contributed by atoms with Gasteiger partial charge in [0.15, 0.2) is 0 Å². The number of halogens is 1. The molecular weight excluding hydrogens is 356 g/mol. The molecule has 0 bridgehead atoms. The largest absolute Gasteiger partial charge is 0.468 e. The van der Waals surface area contributed by atoms with E-state index in [-0.39, 0.29) is 11.4 Å². The van der Waals surface area contributed by atoms with Gasteiger partial charge in [-0.05, 0) is 45.8 Å². The molecule has 0 saturated heterocycles. The van der Waals surface area contributed by atoms with Crippen LogP contribution in [-0.2, 0) is 23.1 Å². The van der Waals surface area contributed by atoms with E-state index in [0.717, 1.165) is 5.56 Å². The van der Waals surface area contributed by atoms with Crippen molar-refractivity contribution in [2.75, 3.05) is 6.54 Å². The van der Waals surface area contributed by atoms with Gasteiger partial charge in [0.1, 0.15) is 5.76 Å². The van der Waals surface area contributed by atoms with E-state index in [2.05, 4.69) is 15.9 Å². The van der Waals surface area contributed by atoms with Crippen molar-refractivity contribution in [3.05, 3.63) is 52.4 Å². The van der Waals surface area contributed by atoms with Crippen LogP contribution in [0.25, 0.3) is 0 Å². The maximum Gasteiger partial charge on any atom is 0.244 e. The summed E-state index contributed by atoms with van der Waals surface area (Å²) in [5.74, 6) is 0.603. The van der Waals surface area contributed by atoms with Gasteiger partial charge in [0.05, 0.1) is 17.7 Å². The lowest BCUT2D eigenvalue weighted by Gasteiger charge is -2.20. The summed E-state index contributed by atoms with van der Waals surface area (Å²) in [6.45, 7) is 2.63. The molecule has 114 valence electrons. The highest BCUT2D eigenvalue weighted by molar-refractivity contribution is 9.10. The van der Waals surface area contributed by atoms with Crippen LogP contribution >= 0.6 is 15.9 Å². The highest BCUT2D eigenvalue weighted by Gasteiger charge is 2.26. The van der Waals surface area contributed by atoms with Crippen LogP contribution in [-0.4, -0.2) is 19.3 Å². The summed E-state index contributed by atoms with van der Waals surface area (Å²) in [5.41, 5.74) is 6.36. The molecule has 0 aliphatic heterocycles. The molecule has 21 heavy (non-hydrogen) atoms. The van der Waals surface area contributed by atoms with Crippen LogP contribution in [0, 0.1) is 0 Å². The first-order valence-electron chi connectivity index (χ1n) is 6.50. The average molecular weight is 373 g/mol. The molecule has 0 amide bonds. The fourth-order valence-electron chi connectivity index (χ4n) is 1.95. The lowest BCUT2D eigenvalue weighted by atomic mass is 10.2. The molecule has 0 aliphatic rings. The summed E-state index contributed by atoms with van der Waals surface area (Å²) in [6, 6.07) is 8.59. The number of hydrogen-bond acceptors (Lipinski definition) is 4. The summed E-state index contributed by atoms with van der Waals surface area (Å²) >= 11 is 3.30. The van der Waals surface area contributed by atoms with E-state index in [0.29, 0.717) is 23.3 Å². The van der Waals surface area contributed by atoms with E-state index in [1.807, 2.05) is 0 Å². The molecule has 1 aromatic carbocycles. The Balaban J connectivity index is 2.39. The number of nitrogens with two attached hydrogens (primary N) is 1. The van der Waals surface area contributed by atoms with E-state index < -0.39 is 10.0 Å². The van der Waals surface area contributed by atoms with Crippen LogP contribution in [0.15, 0.2) is 50.4 Å². The average Bonchev–Trinajstić information content (AvgIpc) is 2.98. The van der Waals surface area contributed by atoms with E-state index in [1.54, 1.807) is 37.3 Å². The first-order chi connectivity index (χ1) is 9.98. The Labute approximate surface area is 132 Å². The zero-order valence-corrected chi connectivity index (χ0v) is 14.0. The zero-order valence-electron chi connectivity index (χ0n) is 11.6. The second-order valence-electron chi connectivity index (χ2n) is 4.48. The van der Waals surface area contributed by atoms with Crippen molar-refractivity contribution in [3.63, 3.8) is 0 Å². The Morgan fingerprint density at radius 1 is 1.33 bits per heavy atom. The van der Waals surface area contributed by atoms with E-state index in [4.69, 9.17) is 10.2 Å². The first kappa shape index (κ1) is 16.2. The highest BCUT2D eigenvalue weighted by Crippen LogP contribution is 2.27. The lowest BCUT2D eigenvalue weighted by Crippen LogP contribution is -2.30. The minimum Gasteiger partial charge on any atom is -0.468 e. The number of nitrogens with zero attached hydrogens (tertiary/aromatic N) is 1. The van der Waals surface area contributed by atoms with Crippen molar-refractivity contribution >= 4 is 26.0 Å². The summed E-state index contributed by atoms with van der Waals surface area (Å²) in [4.78, 5) is 0.221. The van der Waals surface area contributed by atoms with E-state index >= 15 is 0 Å². The molecule has 0 unspecified atom stereocenters. The van der Waals surface area contributed by atoms with E-state index in [1.165, 1.54) is 10.6 Å². The van der Waals surface area contributed by atoms with Crippen molar-refractivity contribution in [2.24, 2.45) is 5.73 Å². The van der Waals surface area contributed by atoms with E-state index in [9.17, 15) is 8.42 Å². The van der Waals surface area contributed by atoms with Crippen LogP contribution < -0.4 is 5.73 Å². The molecule has 0 saturated carbocycles. The van der Waals surface area contributed by atoms with Gasteiger partial charge < -0.3 is 10.2 Å². The van der Waals surface area contributed by atoms with Gasteiger partial charge in [0, 0.05) is 17.6 Å². The van der Waals surface area contributed by atoms with Crippen molar-refractivity contribution in [1.82, 2.24) is 4.31 Å². The van der Waals surface area contributed by atoms with Crippen LogP contribution in [0.3, 0.4) is 0 Å². The monoisotopic (exact) mass is 372 g/mol. The topological polar surface area (TPSA) is 76.5 Å². The van der Waals surface area contributed by atoms with Crippen molar-refractivity contribution in [2.45, 2.75) is 24.9 Å².